The molecule has 4 rings (SSSR count). The van der Waals surface area contributed by atoms with Crippen LogP contribution in [0.3, 0.4) is 0 Å². The van der Waals surface area contributed by atoms with Crippen LogP contribution in [0.1, 0.15) is 87.4 Å². The number of carbonyl (C=O) groups excluding carboxylic acids is 1. The summed E-state index contributed by atoms with van der Waals surface area (Å²) in [6, 6.07) is 7.75. The molecule has 8 heteroatoms. The van der Waals surface area contributed by atoms with Crippen LogP contribution in [0, 0.1) is 0 Å². The zero-order valence-electron chi connectivity index (χ0n) is 21.0. The fraction of sp³-hybridized carbons (Fsp3) is 0.310. The molecule has 0 radical (unpaired) electrons. The van der Waals surface area contributed by atoms with Gasteiger partial charge in [-0.3, -0.25) is 0 Å². The Balaban J connectivity index is 2.35. The van der Waals surface area contributed by atoms with Crippen LogP contribution in [-0.2, 0) is 36.0 Å². The Labute approximate surface area is 232 Å². The molecule has 0 atom stereocenters. The molecule has 1 aliphatic heterocycles. The molecule has 3 aromatic carbocycles. The van der Waals surface area contributed by atoms with E-state index in [2.05, 4.69) is 31.9 Å². The standard InChI is InChI=1S/C29H28Br2O6/c1-5-14-12-21(32)25(30)17(7-3)23(14)29(24-15(6-2)13-22(33)26(31)18(24)8-4)20-11-16(27(34)35)9-10-19(20)28(36)37-29/h9-13,32-33H,5-8H2,1-4H3,(H,34,35). The lowest BCUT2D eigenvalue weighted by Crippen LogP contribution is -2.35. The van der Waals surface area contributed by atoms with Crippen LogP contribution in [0.4, 0.5) is 0 Å². The van der Waals surface area contributed by atoms with Crippen molar-refractivity contribution in [2.24, 2.45) is 0 Å². The zero-order chi connectivity index (χ0) is 27.2. The van der Waals surface area contributed by atoms with Gasteiger partial charge in [0.2, 0.25) is 0 Å². The summed E-state index contributed by atoms with van der Waals surface area (Å²) in [7, 11) is 0. The van der Waals surface area contributed by atoms with E-state index in [1.165, 1.54) is 18.2 Å². The molecule has 0 spiro atoms. The summed E-state index contributed by atoms with van der Waals surface area (Å²) in [6.07, 6.45) is 2.07. The van der Waals surface area contributed by atoms with E-state index < -0.39 is 17.5 Å². The number of aryl methyl sites for hydroxylation is 2. The number of halogens is 2. The van der Waals surface area contributed by atoms with E-state index in [0.717, 1.165) is 22.3 Å². The average Bonchev–Trinajstić information content (AvgIpc) is 3.18. The number of carbonyl (C=O) groups is 2. The van der Waals surface area contributed by atoms with Gasteiger partial charge in [0.1, 0.15) is 11.5 Å². The normalized spacial score (nSPS) is 13.9. The van der Waals surface area contributed by atoms with E-state index in [1.54, 1.807) is 12.1 Å². The lowest BCUT2D eigenvalue weighted by atomic mass is 9.71. The van der Waals surface area contributed by atoms with Gasteiger partial charge in [-0.05, 0) is 110 Å². The lowest BCUT2D eigenvalue weighted by molar-refractivity contribution is 0.0241. The van der Waals surface area contributed by atoms with Gasteiger partial charge in [0.25, 0.3) is 0 Å². The molecule has 0 fully saturated rings. The Hall–Kier alpha value is -2.84. The first kappa shape index (κ1) is 27.2. The Morgan fingerprint density at radius 3 is 1.73 bits per heavy atom. The molecular formula is C29H28Br2O6. The Bertz CT molecular complexity index is 1380. The monoisotopic (exact) mass is 630 g/mol. The van der Waals surface area contributed by atoms with Gasteiger partial charge in [-0.15, -0.1) is 0 Å². The fourth-order valence-corrected chi connectivity index (χ4v) is 6.69. The minimum Gasteiger partial charge on any atom is -0.507 e. The zero-order valence-corrected chi connectivity index (χ0v) is 24.2. The summed E-state index contributed by atoms with van der Waals surface area (Å²) < 4.78 is 7.44. The maximum Gasteiger partial charge on any atom is 0.340 e. The molecule has 0 saturated heterocycles. The summed E-state index contributed by atoms with van der Waals surface area (Å²) in [5.41, 5.74) is 3.69. The maximum atomic E-state index is 13.5. The van der Waals surface area contributed by atoms with Crippen molar-refractivity contribution in [3.05, 3.63) is 89.3 Å². The molecule has 0 unspecified atom stereocenters. The predicted octanol–water partition coefficient (Wildman–Crippen LogP) is 7.03. The molecule has 0 aromatic heterocycles. The van der Waals surface area contributed by atoms with Gasteiger partial charge in [0, 0.05) is 16.7 Å². The number of phenols is 2. The Kier molecular flexibility index (Phi) is 7.45. The summed E-state index contributed by atoms with van der Waals surface area (Å²) in [6.45, 7) is 7.82. The second-order valence-electron chi connectivity index (χ2n) is 9.00. The number of ether oxygens (including phenoxy) is 1. The molecule has 0 bridgehead atoms. The van der Waals surface area contributed by atoms with E-state index in [4.69, 9.17) is 4.74 Å². The number of carboxylic acid groups (broad SMARTS) is 1. The molecule has 0 saturated carbocycles. The molecule has 6 nitrogen and oxygen atoms in total. The number of hydrogen-bond donors (Lipinski definition) is 3. The van der Waals surface area contributed by atoms with Crippen LogP contribution in [-0.4, -0.2) is 27.3 Å². The van der Waals surface area contributed by atoms with E-state index in [0.29, 0.717) is 51.3 Å². The summed E-state index contributed by atoms with van der Waals surface area (Å²) in [5, 5.41) is 31.3. The number of hydrogen-bond acceptors (Lipinski definition) is 5. The first-order chi connectivity index (χ1) is 17.6. The number of cyclic esters (lactones) is 1. The minimum absolute atomic E-state index is 0.0318. The van der Waals surface area contributed by atoms with Gasteiger partial charge in [0.15, 0.2) is 5.60 Å². The van der Waals surface area contributed by atoms with E-state index in [1.807, 2.05) is 27.7 Å². The number of phenolic OH excluding ortho intramolecular Hbond substituents is 2. The van der Waals surface area contributed by atoms with Crippen molar-refractivity contribution in [3.8, 4) is 11.5 Å². The van der Waals surface area contributed by atoms with Gasteiger partial charge in [0.05, 0.1) is 20.1 Å². The van der Waals surface area contributed by atoms with E-state index >= 15 is 0 Å². The fourth-order valence-electron chi connectivity index (χ4n) is 5.51. The third-order valence-corrected chi connectivity index (χ3v) is 8.90. The highest BCUT2D eigenvalue weighted by atomic mass is 79.9. The number of benzene rings is 3. The number of rotatable bonds is 7. The molecule has 3 N–H and O–H groups in total. The maximum absolute atomic E-state index is 13.5. The van der Waals surface area contributed by atoms with Gasteiger partial charge < -0.3 is 20.1 Å². The molecule has 0 aliphatic carbocycles. The lowest BCUT2D eigenvalue weighted by Gasteiger charge is -2.37. The van der Waals surface area contributed by atoms with Gasteiger partial charge in [-0.25, -0.2) is 9.59 Å². The molecular weight excluding hydrogens is 604 g/mol. The highest BCUT2D eigenvalue weighted by molar-refractivity contribution is 9.11. The third kappa shape index (κ3) is 4.05. The molecule has 194 valence electrons. The van der Waals surface area contributed by atoms with Crippen molar-refractivity contribution in [2.75, 3.05) is 0 Å². The van der Waals surface area contributed by atoms with Crippen molar-refractivity contribution < 1.29 is 29.6 Å². The third-order valence-electron chi connectivity index (χ3n) is 7.13. The first-order valence-electron chi connectivity index (χ1n) is 12.3. The van der Waals surface area contributed by atoms with Gasteiger partial charge >= 0.3 is 11.9 Å². The van der Waals surface area contributed by atoms with Crippen LogP contribution in [0.25, 0.3) is 0 Å². The van der Waals surface area contributed by atoms with Crippen molar-refractivity contribution in [3.63, 3.8) is 0 Å². The summed E-state index contributed by atoms with van der Waals surface area (Å²) >= 11 is 7.11. The van der Waals surface area contributed by atoms with Crippen LogP contribution >= 0.6 is 31.9 Å². The van der Waals surface area contributed by atoms with Crippen LogP contribution in [0.15, 0.2) is 39.3 Å². The number of aromatic hydroxyl groups is 2. The summed E-state index contributed by atoms with van der Waals surface area (Å²) in [5.74, 6) is -1.52. The van der Waals surface area contributed by atoms with Crippen LogP contribution in [0.2, 0.25) is 0 Å². The number of carboxylic acids is 1. The second kappa shape index (κ2) is 10.1. The van der Waals surface area contributed by atoms with Crippen molar-refractivity contribution in [1.29, 1.82) is 0 Å². The van der Waals surface area contributed by atoms with E-state index in [9.17, 15) is 24.9 Å². The van der Waals surface area contributed by atoms with E-state index in [-0.39, 0.29) is 22.6 Å². The van der Waals surface area contributed by atoms with Crippen molar-refractivity contribution in [1.82, 2.24) is 0 Å². The summed E-state index contributed by atoms with van der Waals surface area (Å²) in [4.78, 5) is 25.6. The largest absolute Gasteiger partial charge is 0.507 e. The van der Waals surface area contributed by atoms with Crippen LogP contribution < -0.4 is 0 Å². The average molecular weight is 632 g/mol. The molecule has 3 aromatic rings. The highest BCUT2D eigenvalue weighted by Crippen LogP contribution is 2.55. The van der Waals surface area contributed by atoms with Crippen molar-refractivity contribution >= 4 is 43.8 Å². The van der Waals surface area contributed by atoms with Gasteiger partial charge in [-0.2, -0.15) is 0 Å². The topological polar surface area (TPSA) is 104 Å². The number of esters is 1. The molecule has 37 heavy (non-hydrogen) atoms. The SMILES string of the molecule is CCc1cc(O)c(Br)c(CC)c1C1(c2c(CC)cc(O)c(Br)c2CC)OC(=O)c2ccc(C(=O)O)cc21. The van der Waals surface area contributed by atoms with Crippen LogP contribution in [0.5, 0.6) is 11.5 Å². The Morgan fingerprint density at radius 2 is 1.32 bits per heavy atom. The smallest absolute Gasteiger partial charge is 0.340 e. The van der Waals surface area contributed by atoms with Crippen molar-refractivity contribution in [2.45, 2.75) is 59.0 Å². The highest BCUT2D eigenvalue weighted by Gasteiger charge is 2.53. The number of fused-ring (bicyclic) bond motifs is 1. The Morgan fingerprint density at radius 1 is 0.838 bits per heavy atom. The predicted molar refractivity (Wildman–Crippen MR) is 148 cm³/mol. The molecule has 1 aliphatic rings. The minimum atomic E-state index is -1.50. The quantitative estimate of drug-likeness (QED) is 0.242. The molecule has 0 amide bonds. The van der Waals surface area contributed by atoms with Gasteiger partial charge in [-0.1, -0.05) is 27.7 Å². The number of aromatic carboxylic acids is 1. The second-order valence-corrected chi connectivity index (χ2v) is 10.6. The first-order valence-corrected chi connectivity index (χ1v) is 13.8. The molecule has 1 heterocycles.